The fourth-order valence-corrected chi connectivity index (χ4v) is 2.54. The summed E-state index contributed by atoms with van der Waals surface area (Å²) in [4.78, 5) is 19.5. The molecule has 0 aliphatic rings. The van der Waals surface area contributed by atoms with E-state index >= 15 is 0 Å². The zero-order chi connectivity index (χ0) is 17.8. The average molecular weight is 375 g/mol. The van der Waals surface area contributed by atoms with Crippen LogP contribution in [0.5, 0.6) is 11.5 Å². The monoisotopic (exact) mass is 374 g/mol. The molecule has 136 valence electrons. The smallest absolute Gasteiger partial charge is 0.340 e. The Bertz CT molecular complexity index is 950. The highest BCUT2D eigenvalue weighted by molar-refractivity contribution is 6.02. The number of carbonyl (C=O) groups is 1. The van der Waals surface area contributed by atoms with Gasteiger partial charge in [0.05, 0.1) is 32.4 Å². The van der Waals surface area contributed by atoms with Crippen LogP contribution >= 0.6 is 12.4 Å². The van der Waals surface area contributed by atoms with Crippen LogP contribution in [0.3, 0.4) is 0 Å². The number of H-pyrrole nitrogens is 1. The summed E-state index contributed by atoms with van der Waals surface area (Å²) >= 11 is 0. The molecule has 0 radical (unpaired) electrons. The normalized spacial score (nSPS) is 10.6. The maximum Gasteiger partial charge on any atom is 0.340 e. The average Bonchev–Trinajstić information content (AvgIpc) is 3.08. The lowest BCUT2D eigenvalue weighted by molar-refractivity contribution is 0.0603. The van der Waals surface area contributed by atoms with E-state index < -0.39 is 5.97 Å². The number of nitrogens with one attached hydrogen (secondary N) is 1. The minimum Gasteiger partial charge on any atom is -0.493 e. The Morgan fingerprint density at radius 3 is 2.50 bits per heavy atom. The number of nitrogens with zero attached hydrogens (tertiary/aromatic N) is 1. The van der Waals surface area contributed by atoms with E-state index in [-0.39, 0.29) is 12.4 Å². The number of aromatic amines is 1. The Hall–Kier alpha value is -2.99. The molecule has 1 heterocycles. The maximum atomic E-state index is 11.8. The fourth-order valence-electron chi connectivity index (χ4n) is 2.54. The molecule has 0 saturated heterocycles. The number of hydrogen-bond acceptors (Lipinski definition) is 5. The largest absolute Gasteiger partial charge is 0.493 e. The van der Waals surface area contributed by atoms with Crippen LogP contribution in [0.2, 0.25) is 0 Å². The number of ether oxygens (including phenoxy) is 3. The van der Waals surface area contributed by atoms with Gasteiger partial charge < -0.3 is 19.2 Å². The summed E-state index contributed by atoms with van der Waals surface area (Å²) in [6, 6.07) is 11.0. The third-order valence-electron chi connectivity index (χ3n) is 3.78. The first kappa shape index (κ1) is 19.3. The molecular formula is C19H19ClN2O4. The molecule has 0 saturated carbocycles. The van der Waals surface area contributed by atoms with Gasteiger partial charge in [-0.1, -0.05) is 18.2 Å². The van der Waals surface area contributed by atoms with Crippen molar-refractivity contribution in [2.75, 3.05) is 21.3 Å². The number of rotatable bonds is 5. The molecular weight excluding hydrogens is 356 g/mol. The van der Waals surface area contributed by atoms with Crippen LogP contribution in [-0.4, -0.2) is 37.3 Å². The molecule has 7 heteroatoms. The van der Waals surface area contributed by atoms with Gasteiger partial charge in [0.25, 0.3) is 0 Å². The number of benzene rings is 2. The Balaban J connectivity index is 0.00000243. The minimum atomic E-state index is -0.410. The van der Waals surface area contributed by atoms with Crippen molar-refractivity contribution in [3.05, 3.63) is 53.3 Å². The van der Waals surface area contributed by atoms with E-state index in [1.807, 2.05) is 36.4 Å². The summed E-state index contributed by atoms with van der Waals surface area (Å²) in [6.07, 6.45) is 3.74. The van der Waals surface area contributed by atoms with Gasteiger partial charge in [0, 0.05) is 0 Å². The molecule has 0 fully saturated rings. The molecule has 0 aliphatic heterocycles. The molecule has 0 amide bonds. The van der Waals surface area contributed by atoms with Crippen molar-refractivity contribution in [3.8, 4) is 11.5 Å². The number of imidazole rings is 1. The van der Waals surface area contributed by atoms with E-state index in [1.165, 1.54) is 7.11 Å². The van der Waals surface area contributed by atoms with Gasteiger partial charge in [-0.05, 0) is 35.9 Å². The van der Waals surface area contributed by atoms with Gasteiger partial charge in [0.15, 0.2) is 11.5 Å². The zero-order valence-electron chi connectivity index (χ0n) is 14.6. The predicted molar refractivity (Wildman–Crippen MR) is 103 cm³/mol. The molecule has 6 nitrogen and oxygen atoms in total. The van der Waals surface area contributed by atoms with Gasteiger partial charge in [0.1, 0.15) is 11.3 Å². The number of fused-ring (bicyclic) bond motifs is 1. The van der Waals surface area contributed by atoms with Crippen LogP contribution in [0.1, 0.15) is 21.7 Å². The van der Waals surface area contributed by atoms with Gasteiger partial charge in [-0.25, -0.2) is 9.78 Å². The highest BCUT2D eigenvalue weighted by Gasteiger charge is 2.13. The summed E-state index contributed by atoms with van der Waals surface area (Å²) in [6.45, 7) is 0. The first-order valence-electron chi connectivity index (χ1n) is 7.63. The van der Waals surface area contributed by atoms with Crippen molar-refractivity contribution in [2.24, 2.45) is 0 Å². The maximum absolute atomic E-state index is 11.8. The highest BCUT2D eigenvalue weighted by Crippen LogP contribution is 2.28. The molecule has 0 bridgehead atoms. The van der Waals surface area contributed by atoms with Crippen molar-refractivity contribution in [1.82, 2.24) is 9.97 Å². The van der Waals surface area contributed by atoms with Crippen LogP contribution in [0.15, 0.2) is 36.4 Å². The second-order valence-corrected chi connectivity index (χ2v) is 5.26. The lowest BCUT2D eigenvalue weighted by Gasteiger charge is -2.07. The molecule has 0 unspecified atom stereocenters. The predicted octanol–water partition coefficient (Wildman–Crippen LogP) is 3.96. The fraction of sp³-hybridized carbons (Fsp3) is 0.158. The van der Waals surface area contributed by atoms with Crippen LogP contribution < -0.4 is 9.47 Å². The van der Waals surface area contributed by atoms with Gasteiger partial charge in [-0.15, -0.1) is 12.4 Å². The van der Waals surface area contributed by atoms with Crippen LogP contribution in [0.25, 0.3) is 23.2 Å². The molecule has 1 N–H and O–H groups in total. The number of aromatic nitrogens is 2. The van der Waals surface area contributed by atoms with Crippen LogP contribution in [0.4, 0.5) is 0 Å². The molecule has 0 atom stereocenters. The number of esters is 1. The van der Waals surface area contributed by atoms with Crippen molar-refractivity contribution in [3.63, 3.8) is 0 Å². The van der Waals surface area contributed by atoms with E-state index in [9.17, 15) is 4.79 Å². The molecule has 3 rings (SSSR count). The van der Waals surface area contributed by atoms with Crippen LogP contribution in [-0.2, 0) is 4.74 Å². The summed E-state index contributed by atoms with van der Waals surface area (Å²) in [5.41, 5.74) is 2.73. The quantitative estimate of drug-likeness (QED) is 0.684. The Labute approximate surface area is 157 Å². The van der Waals surface area contributed by atoms with Gasteiger partial charge in [0.2, 0.25) is 0 Å². The van der Waals surface area contributed by atoms with Gasteiger partial charge in [-0.3, -0.25) is 0 Å². The topological polar surface area (TPSA) is 73.4 Å². The highest BCUT2D eigenvalue weighted by atomic mass is 35.5. The zero-order valence-corrected chi connectivity index (χ0v) is 15.4. The number of hydrogen-bond donors (Lipinski definition) is 1. The Kier molecular flexibility index (Phi) is 6.25. The summed E-state index contributed by atoms with van der Waals surface area (Å²) in [5, 5.41) is 0. The van der Waals surface area contributed by atoms with E-state index in [0.717, 1.165) is 11.1 Å². The van der Waals surface area contributed by atoms with Gasteiger partial charge >= 0.3 is 5.97 Å². The van der Waals surface area contributed by atoms with E-state index in [0.29, 0.717) is 28.4 Å². The SMILES string of the molecule is COC(=O)c1cccc2[nH]c(/C=C/c3ccc(OC)c(OC)c3)nc12.Cl. The molecule has 3 aromatic rings. The number of para-hydroxylation sites is 1. The Morgan fingerprint density at radius 1 is 1.04 bits per heavy atom. The molecule has 0 aliphatic carbocycles. The minimum absolute atomic E-state index is 0. The van der Waals surface area contributed by atoms with E-state index in [1.54, 1.807) is 26.4 Å². The van der Waals surface area contributed by atoms with Crippen molar-refractivity contribution in [1.29, 1.82) is 0 Å². The second-order valence-electron chi connectivity index (χ2n) is 5.26. The van der Waals surface area contributed by atoms with E-state index in [4.69, 9.17) is 14.2 Å². The summed E-state index contributed by atoms with van der Waals surface area (Å²) in [7, 11) is 4.55. The van der Waals surface area contributed by atoms with Crippen molar-refractivity contribution < 1.29 is 19.0 Å². The first-order valence-corrected chi connectivity index (χ1v) is 7.63. The van der Waals surface area contributed by atoms with Crippen LogP contribution in [0, 0.1) is 0 Å². The third-order valence-corrected chi connectivity index (χ3v) is 3.78. The Morgan fingerprint density at radius 2 is 1.81 bits per heavy atom. The molecule has 2 aromatic carbocycles. The first-order chi connectivity index (χ1) is 12.2. The lowest BCUT2D eigenvalue weighted by Crippen LogP contribution is -2.01. The third kappa shape index (κ3) is 3.81. The van der Waals surface area contributed by atoms with Crippen molar-refractivity contribution >= 4 is 41.6 Å². The van der Waals surface area contributed by atoms with Crippen molar-refractivity contribution in [2.45, 2.75) is 0 Å². The number of halogens is 1. The van der Waals surface area contributed by atoms with E-state index in [2.05, 4.69) is 9.97 Å². The molecule has 26 heavy (non-hydrogen) atoms. The standard InChI is InChI=1S/C19H18N2O4.ClH/c1-23-15-9-7-12(11-16(15)24-2)8-10-17-20-14-6-4-5-13(18(14)21-17)19(22)25-3;/h4-11H,1-3H3,(H,20,21);1H/b10-8+;. The molecule has 0 spiro atoms. The summed E-state index contributed by atoms with van der Waals surface area (Å²) < 4.78 is 15.3. The van der Waals surface area contributed by atoms with Gasteiger partial charge in [-0.2, -0.15) is 0 Å². The molecule has 1 aromatic heterocycles. The number of methoxy groups -OCH3 is 3. The second kappa shape index (κ2) is 8.40. The number of carbonyl (C=O) groups excluding carboxylic acids is 1. The summed E-state index contributed by atoms with van der Waals surface area (Å²) in [5.74, 6) is 1.56. The lowest BCUT2D eigenvalue weighted by atomic mass is 10.2.